The zero-order valence-corrected chi connectivity index (χ0v) is 19.1. The number of carbonyl (C=O) groups is 3. The predicted octanol–water partition coefficient (Wildman–Crippen LogP) is 5.89. The summed E-state index contributed by atoms with van der Waals surface area (Å²) in [7, 11) is 0. The van der Waals surface area contributed by atoms with Crippen LogP contribution in [0.1, 0.15) is 15.9 Å². The molecule has 0 radical (unpaired) electrons. The number of alkyl halides is 1. The summed E-state index contributed by atoms with van der Waals surface area (Å²) in [6.45, 7) is 0.112. The van der Waals surface area contributed by atoms with Gasteiger partial charge in [0.2, 0.25) is 0 Å². The van der Waals surface area contributed by atoms with Gasteiger partial charge in [-0.3, -0.25) is 19.3 Å². The van der Waals surface area contributed by atoms with Gasteiger partial charge >= 0.3 is 0 Å². The van der Waals surface area contributed by atoms with Crippen LogP contribution in [0, 0.1) is 0 Å². The second-order valence-corrected chi connectivity index (χ2v) is 8.62. The summed E-state index contributed by atoms with van der Waals surface area (Å²) >= 11 is 6.54. The van der Waals surface area contributed by atoms with Crippen LogP contribution in [0.15, 0.2) is 83.8 Å². The van der Waals surface area contributed by atoms with Gasteiger partial charge in [-0.05, 0) is 46.7 Å². The number of imide groups is 1. The Labute approximate surface area is 201 Å². The van der Waals surface area contributed by atoms with Crippen molar-refractivity contribution in [3.63, 3.8) is 0 Å². The Balaban J connectivity index is 1.34. The molecule has 1 aliphatic heterocycles. The number of rotatable bonds is 8. The van der Waals surface area contributed by atoms with Crippen molar-refractivity contribution in [1.82, 2.24) is 4.90 Å². The minimum Gasteiger partial charge on any atom is -0.485 e. The quantitative estimate of drug-likeness (QED) is 0.230. The summed E-state index contributed by atoms with van der Waals surface area (Å²) < 4.78 is 5.63. The van der Waals surface area contributed by atoms with Crippen molar-refractivity contribution in [1.29, 1.82) is 0 Å². The molecule has 3 aromatic carbocycles. The van der Waals surface area contributed by atoms with Gasteiger partial charge in [-0.25, -0.2) is 0 Å². The van der Waals surface area contributed by atoms with E-state index in [4.69, 9.17) is 16.3 Å². The van der Waals surface area contributed by atoms with Gasteiger partial charge in [0.15, 0.2) is 12.4 Å². The Morgan fingerprint density at radius 2 is 1.58 bits per heavy atom. The molecule has 1 saturated heterocycles. The number of carbonyl (C=O) groups excluding carboxylic acids is 3. The van der Waals surface area contributed by atoms with Crippen molar-refractivity contribution >= 4 is 46.4 Å². The minimum atomic E-state index is -0.338. The Morgan fingerprint density at radius 1 is 0.909 bits per heavy atom. The molecular formula is C26H20ClNO4S. The molecule has 0 unspecified atom stereocenters. The maximum Gasteiger partial charge on any atom is 0.293 e. The molecular weight excluding hydrogens is 458 g/mol. The molecule has 0 N–H and O–H groups in total. The standard InChI is InChI=1S/C26H20ClNO4S/c27-14-15-28-25(30)24(33-26(28)31)16-18-6-12-22(13-7-18)32-17-23(29)21-10-8-20(9-11-21)19-4-2-1-3-5-19/h1-13,16H,14-15,17H2. The van der Waals surface area contributed by atoms with Crippen LogP contribution in [0.5, 0.6) is 5.75 Å². The van der Waals surface area contributed by atoms with Crippen LogP contribution in [0.3, 0.4) is 0 Å². The molecule has 166 valence electrons. The average molecular weight is 478 g/mol. The number of ketones is 1. The first-order valence-corrected chi connectivity index (χ1v) is 11.6. The van der Waals surface area contributed by atoms with Crippen LogP contribution in [0.2, 0.25) is 0 Å². The number of thioether (sulfide) groups is 1. The van der Waals surface area contributed by atoms with Crippen LogP contribution in [0.25, 0.3) is 17.2 Å². The molecule has 0 atom stereocenters. The van der Waals surface area contributed by atoms with E-state index in [9.17, 15) is 14.4 Å². The first-order valence-electron chi connectivity index (χ1n) is 10.3. The lowest BCUT2D eigenvalue weighted by atomic mass is 10.0. The van der Waals surface area contributed by atoms with Gasteiger partial charge < -0.3 is 4.74 Å². The van der Waals surface area contributed by atoms with E-state index in [1.54, 1.807) is 42.5 Å². The van der Waals surface area contributed by atoms with Gasteiger partial charge in [0.05, 0.1) is 4.91 Å². The van der Waals surface area contributed by atoms with Gasteiger partial charge in [-0.1, -0.05) is 66.7 Å². The maximum absolute atomic E-state index is 12.5. The van der Waals surface area contributed by atoms with Gasteiger partial charge in [-0.2, -0.15) is 0 Å². The highest BCUT2D eigenvalue weighted by atomic mass is 35.5. The zero-order chi connectivity index (χ0) is 23.2. The molecule has 0 aliphatic carbocycles. The Bertz CT molecular complexity index is 1190. The van der Waals surface area contributed by atoms with E-state index in [2.05, 4.69) is 0 Å². The topological polar surface area (TPSA) is 63.7 Å². The van der Waals surface area contributed by atoms with Gasteiger partial charge in [0.1, 0.15) is 5.75 Å². The second kappa shape index (κ2) is 10.5. The first-order chi connectivity index (χ1) is 16.0. The third-order valence-corrected chi connectivity index (χ3v) is 6.12. The van der Waals surface area contributed by atoms with Gasteiger partial charge in [0.25, 0.3) is 11.1 Å². The van der Waals surface area contributed by atoms with Crippen molar-refractivity contribution in [2.75, 3.05) is 19.0 Å². The molecule has 0 saturated carbocycles. The lowest BCUT2D eigenvalue weighted by molar-refractivity contribution is -0.122. The largest absolute Gasteiger partial charge is 0.485 e. The lowest BCUT2D eigenvalue weighted by Crippen LogP contribution is -2.29. The number of Topliss-reactive ketones (excluding diaryl/α,β-unsaturated/α-hetero) is 1. The second-order valence-electron chi connectivity index (χ2n) is 7.25. The molecule has 1 heterocycles. The molecule has 0 bridgehead atoms. The Kier molecular flexibility index (Phi) is 7.27. The number of hydrogen-bond donors (Lipinski definition) is 0. The molecule has 4 rings (SSSR count). The SMILES string of the molecule is O=C(COc1ccc(C=C2SC(=O)N(CCCl)C2=O)cc1)c1ccc(-c2ccccc2)cc1. The summed E-state index contributed by atoms with van der Waals surface area (Å²) in [6.07, 6.45) is 1.66. The van der Waals surface area contributed by atoms with Crippen molar-refractivity contribution in [2.45, 2.75) is 0 Å². The van der Waals surface area contributed by atoms with E-state index in [0.717, 1.165) is 33.4 Å². The zero-order valence-electron chi connectivity index (χ0n) is 17.6. The summed E-state index contributed by atoms with van der Waals surface area (Å²) in [4.78, 5) is 38.2. The predicted molar refractivity (Wildman–Crippen MR) is 132 cm³/mol. The van der Waals surface area contributed by atoms with Crippen LogP contribution < -0.4 is 4.74 Å². The van der Waals surface area contributed by atoms with Crippen LogP contribution >= 0.6 is 23.4 Å². The number of benzene rings is 3. The molecule has 2 amide bonds. The van der Waals surface area contributed by atoms with E-state index < -0.39 is 0 Å². The molecule has 33 heavy (non-hydrogen) atoms. The van der Waals surface area contributed by atoms with E-state index >= 15 is 0 Å². The van der Waals surface area contributed by atoms with Gasteiger partial charge in [-0.15, -0.1) is 11.6 Å². The molecule has 1 fully saturated rings. The first kappa shape index (κ1) is 22.8. The van der Waals surface area contributed by atoms with Crippen molar-refractivity contribution < 1.29 is 19.1 Å². The molecule has 5 nitrogen and oxygen atoms in total. The van der Waals surface area contributed by atoms with Crippen molar-refractivity contribution in [3.05, 3.63) is 94.9 Å². The third kappa shape index (κ3) is 5.53. The van der Waals surface area contributed by atoms with E-state index in [-0.39, 0.29) is 36.0 Å². The van der Waals surface area contributed by atoms with Gasteiger partial charge in [0, 0.05) is 18.0 Å². The van der Waals surface area contributed by atoms with E-state index in [1.807, 2.05) is 42.5 Å². The molecule has 1 aliphatic rings. The monoisotopic (exact) mass is 477 g/mol. The fraction of sp³-hybridized carbons (Fsp3) is 0.115. The Hall–Kier alpha value is -3.35. The number of ether oxygens (including phenoxy) is 1. The highest BCUT2D eigenvalue weighted by Gasteiger charge is 2.34. The van der Waals surface area contributed by atoms with Crippen LogP contribution in [-0.2, 0) is 4.79 Å². The van der Waals surface area contributed by atoms with Crippen molar-refractivity contribution in [2.24, 2.45) is 0 Å². The van der Waals surface area contributed by atoms with E-state index in [1.165, 1.54) is 0 Å². The molecule has 0 aromatic heterocycles. The number of amides is 2. The van der Waals surface area contributed by atoms with Crippen LogP contribution in [0.4, 0.5) is 4.79 Å². The van der Waals surface area contributed by atoms with E-state index in [0.29, 0.717) is 16.2 Å². The maximum atomic E-state index is 12.5. The third-order valence-electron chi connectivity index (χ3n) is 5.04. The van der Waals surface area contributed by atoms with Crippen molar-refractivity contribution in [3.8, 4) is 16.9 Å². The summed E-state index contributed by atoms with van der Waals surface area (Å²) in [5, 5.41) is -0.317. The molecule has 0 spiro atoms. The summed E-state index contributed by atoms with van der Waals surface area (Å²) in [5.74, 6) is 0.283. The summed E-state index contributed by atoms with van der Waals surface area (Å²) in [5.41, 5.74) is 3.47. The number of hydrogen-bond acceptors (Lipinski definition) is 5. The average Bonchev–Trinajstić information content (AvgIpc) is 3.11. The highest BCUT2D eigenvalue weighted by Crippen LogP contribution is 2.32. The summed E-state index contributed by atoms with van der Waals surface area (Å²) in [6, 6.07) is 24.4. The molecule has 7 heteroatoms. The fourth-order valence-corrected chi connectivity index (χ4v) is 4.33. The highest BCUT2D eigenvalue weighted by molar-refractivity contribution is 8.18. The Morgan fingerprint density at radius 3 is 2.24 bits per heavy atom. The number of nitrogens with zero attached hydrogens (tertiary/aromatic N) is 1. The van der Waals surface area contributed by atoms with Crippen LogP contribution in [-0.4, -0.2) is 40.9 Å². The smallest absolute Gasteiger partial charge is 0.293 e. The normalized spacial score (nSPS) is 14.7. The molecule has 3 aromatic rings. The number of halogens is 1. The minimum absolute atomic E-state index is 0.0820. The lowest BCUT2D eigenvalue weighted by Gasteiger charge is -2.09. The fourth-order valence-electron chi connectivity index (χ4n) is 3.30.